The highest BCUT2D eigenvalue weighted by atomic mass is 32.2. The summed E-state index contributed by atoms with van der Waals surface area (Å²) in [5.74, 6) is -1.37. The molecule has 222 valence electrons. The van der Waals surface area contributed by atoms with Crippen LogP contribution in [0.5, 0.6) is 5.75 Å². The van der Waals surface area contributed by atoms with Gasteiger partial charge in [-0.1, -0.05) is 12.1 Å². The Kier molecular flexibility index (Phi) is 8.27. The maximum absolute atomic E-state index is 14.0. The zero-order valence-electron chi connectivity index (χ0n) is 23.2. The van der Waals surface area contributed by atoms with Crippen LogP contribution in [0, 0.1) is 11.3 Å². The molecule has 1 aromatic carbocycles. The van der Waals surface area contributed by atoms with Crippen LogP contribution in [0.25, 0.3) is 0 Å². The molecule has 0 spiro atoms. The molecule has 1 saturated carbocycles. The third-order valence-electron chi connectivity index (χ3n) is 9.00. The van der Waals surface area contributed by atoms with Crippen molar-refractivity contribution < 1.29 is 32.6 Å². The van der Waals surface area contributed by atoms with Crippen LogP contribution < -0.4 is 10.1 Å². The number of carboxylic acids is 1. The van der Waals surface area contributed by atoms with Gasteiger partial charge in [0.2, 0.25) is 11.8 Å². The maximum atomic E-state index is 14.0. The molecule has 4 aliphatic rings. The van der Waals surface area contributed by atoms with E-state index in [2.05, 4.69) is 21.2 Å². The Hall–Kier alpha value is -3.21. The number of piperidine rings is 1. The zero-order chi connectivity index (χ0) is 29.4. The summed E-state index contributed by atoms with van der Waals surface area (Å²) in [4.78, 5) is 44.0. The molecule has 4 fully saturated rings. The highest BCUT2D eigenvalue weighted by Gasteiger charge is 2.52. The lowest BCUT2D eigenvalue weighted by molar-refractivity contribution is -0.149. The van der Waals surface area contributed by atoms with Crippen LogP contribution in [0.1, 0.15) is 44.9 Å². The number of rotatable bonds is 10. The van der Waals surface area contributed by atoms with Crippen molar-refractivity contribution in [1.82, 2.24) is 20.0 Å². The van der Waals surface area contributed by atoms with Crippen molar-refractivity contribution in [3.63, 3.8) is 0 Å². The number of hydrogen-bond acceptors (Lipinski definition) is 9. The third kappa shape index (κ3) is 5.91. The van der Waals surface area contributed by atoms with Crippen LogP contribution in [0.4, 0.5) is 0 Å². The van der Waals surface area contributed by atoms with E-state index in [1.54, 1.807) is 18.2 Å². The SMILES string of the molecule is COc1ccccc1S(=O)(=O)[C@@H]1C[C@@H](C(=O)NC2(C#N)CC2)N(C(=O)C2CCN2C2CCN(CCC(=O)O)CC2)C1. The van der Waals surface area contributed by atoms with Crippen molar-refractivity contribution in [1.29, 1.82) is 5.26 Å². The Labute approximate surface area is 240 Å². The maximum Gasteiger partial charge on any atom is 0.304 e. The van der Waals surface area contributed by atoms with Gasteiger partial charge in [-0.2, -0.15) is 5.26 Å². The smallest absolute Gasteiger partial charge is 0.304 e. The van der Waals surface area contributed by atoms with E-state index < -0.39 is 44.6 Å². The Bertz CT molecular complexity index is 1330. The molecule has 1 aliphatic carbocycles. The first-order valence-electron chi connectivity index (χ1n) is 14.2. The number of benzene rings is 1. The quantitative estimate of drug-likeness (QED) is 0.397. The first-order chi connectivity index (χ1) is 19.6. The molecule has 3 saturated heterocycles. The van der Waals surface area contributed by atoms with Crippen molar-refractivity contribution in [2.24, 2.45) is 0 Å². The molecule has 2 amide bonds. The van der Waals surface area contributed by atoms with E-state index >= 15 is 0 Å². The highest BCUT2D eigenvalue weighted by Crippen LogP contribution is 2.38. The predicted molar refractivity (Wildman–Crippen MR) is 147 cm³/mol. The monoisotopic (exact) mass is 587 g/mol. The fourth-order valence-corrected chi connectivity index (χ4v) is 8.14. The molecule has 5 rings (SSSR count). The fourth-order valence-electron chi connectivity index (χ4n) is 6.29. The summed E-state index contributed by atoms with van der Waals surface area (Å²) < 4.78 is 32.8. The molecule has 3 aliphatic heterocycles. The van der Waals surface area contributed by atoms with Gasteiger partial charge >= 0.3 is 5.97 Å². The van der Waals surface area contributed by atoms with Gasteiger partial charge in [-0.15, -0.1) is 0 Å². The molecule has 41 heavy (non-hydrogen) atoms. The molecule has 0 radical (unpaired) electrons. The van der Waals surface area contributed by atoms with Crippen LogP contribution in [-0.4, -0.2) is 115 Å². The number of amides is 2. The second kappa shape index (κ2) is 11.6. The van der Waals surface area contributed by atoms with Crippen LogP contribution in [0.15, 0.2) is 29.2 Å². The van der Waals surface area contributed by atoms with Crippen molar-refractivity contribution in [3.8, 4) is 11.8 Å². The number of carbonyl (C=O) groups is 3. The van der Waals surface area contributed by atoms with E-state index in [4.69, 9.17) is 9.84 Å². The number of nitrogens with one attached hydrogen (secondary N) is 1. The highest BCUT2D eigenvalue weighted by molar-refractivity contribution is 7.92. The van der Waals surface area contributed by atoms with Gasteiger partial charge in [-0.25, -0.2) is 8.42 Å². The number of nitriles is 1. The van der Waals surface area contributed by atoms with Gasteiger partial charge in [0.25, 0.3) is 0 Å². The number of methoxy groups -OCH3 is 1. The summed E-state index contributed by atoms with van der Waals surface area (Å²) in [5, 5.41) is 20.3. The molecule has 0 aromatic heterocycles. The minimum atomic E-state index is -3.94. The van der Waals surface area contributed by atoms with Gasteiger partial charge in [0.1, 0.15) is 22.2 Å². The number of carboxylic acid groups (broad SMARTS) is 1. The summed E-state index contributed by atoms with van der Waals surface area (Å²) in [5.41, 5.74) is -0.942. The molecule has 1 unspecified atom stereocenters. The van der Waals surface area contributed by atoms with Gasteiger partial charge in [0, 0.05) is 25.7 Å². The number of nitrogens with zero attached hydrogens (tertiary/aromatic N) is 4. The van der Waals surface area contributed by atoms with Gasteiger partial charge < -0.3 is 25.0 Å². The number of hydrogen-bond donors (Lipinski definition) is 2. The number of aliphatic carboxylic acids is 1. The summed E-state index contributed by atoms with van der Waals surface area (Å²) in [6.45, 7) is 2.62. The van der Waals surface area contributed by atoms with Crippen molar-refractivity contribution in [2.75, 3.05) is 39.8 Å². The van der Waals surface area contributed by atoms with Crippen molar-refractivity contribution >= 4 is 27.6 Å². The Balaban J connectivity index is 1.32. The van der Waals surface area contributed by atoms with E-state index in [0.717, 1.165) is 32.5 Å². The lowest BCUT2D eigenvalue weighted by Crippen LogP contribution is -2.63. The lowest BCUT2D eigenvalue weighted by atomic mass is 9.93. The van der Waals surface area contributed by atoms with Gasteiger partial charge in [-0.05, 0) is 63.7 Å². The first kappa shape index (κ1) is 29.3. The molecular formula is C28H37N5O7S. The molecule has 2 N–H and O–H groups in total. The summed E-state index contributed by atoms with van der Waals surface area (Å²) in [6, 6.07) is 7.18. The first-order valence-corrected chi connectivity index (χ1v) is 15.7. The van der Waals surface area contributed by atoms with Gasteiger partial charge in [0.15, 0.2) is 9.84 Å². The number of carbonyl (C=O) groups excluding carboxylic acids is 2. The van der Waals surface area contributed by atoms with Gasteiger partial charge in [-0.3, -0.25) is 19.3 Å². The van der Waals surface area contributed by atoms with Crippen LogP contribution in [0.3, 0.4) is 0 Å². The van der Waals surface area contributed by atoms with Crippen molar-refractivity contribution in [3.05, 3.63) is 24.3 Å². The number of sulfone groups is 1. The molecular weight excluding hydrogens is 550 g/mol. The van der Waals surface area contributed by atoms with Gasteiger partial charge in [0.05, 0.1) is 30.9 Å². The van der Waals surface area contributed by atoms with Crippen LogP contribution >= 0.6 is 0 Å². The second-order valence-corrected chi connectivity index (χ2v) is 13.7. The van der Waals surface area contributed by atoms with E-state index in [9.17, 15) is 28.1 Å². The standard InChI is InChI=1S/C28H37N5O7S/c1-40-23-4-2-3-5-24(23)41(38,39)20-16-22(26(36)30-28(18-29)10-11-28)33(17-20)27(37)21-8-15-32(21)19-6-12-31(13-7-19)14-9-25(34)35/h2-5,19-22H,6-17H2,1H3,(H,30,36)(H,34,35)/t20-,21?,22+/m1/s1. The normalized spacial score (nSPS) is 26.5. The zero-order valence-corrected chi connectivity index (χ0v) is 24.0. The largest absolute Gasteiger partial charge is 0.495 e. The Morgan fingerprint density at radius 2 is 1.83 bits per heavy atom. The number of ether oxygens (including phenoxy) is 1. The lowest BCUT2D eigenvalue weighted by Gasteiger charge is -2.49. The Morgan fingerprint density at radius 1 is 1.12 bits per heavy atom. The van der Waals surface area contributed by atoms with E-state index in [-0.39, 0.29) is 42.0 Å². The molecule has 12 nitrogen and oxygen atoms in total. The van der Waals surface area contributed by atoms with E-state index in [1.807, 2.05) is 0 Å². The van der Waals surface area contributed by atoms with E-state index in [1.165, 1.54) is 18.1 Å². The number of para-hydroxylation sites is 1. The minimum absolute atomic E-state index is 0.0246. The molecule has 0 bridgehead atoms. The fraction of sp³-hybridized carbons (Fsp3) is 0.643. The third-order valence-corrected chi connectivity index (χ3v) is 11.2. The second-order valence-electron chi connectivity index (χ2n) is 11.5. The molecule has 13 heteroatoms. The average molecular weight is 588 g/mol. The predicted octanol–water partition coefficient (Wildman–Crippen LogP) is 0.624. The van der Waals surface area contributed by atoms with E-state index in [0.29, 0.717) is 25.8 Å². The van der Waals surface area contributed by atoms with Crippen LogP contribution in [-0.2, 0) is 24.2 Å². The number of likely N-dealkylation sites (tertiary alicyclic amines) is 3. The van der Waals surface area contributed by atoms with Crippen molar-refractivity contribution in [2.45, 2.75) is 78.8 Å². The average Bonchev–Trinajstić information content (AvgIpc) is 3.56. The summed E-state index contributed by atoms with van der Waals surface area (Å²) in [7, 11) is -2.54. The Morgan fingerprint density at radius 3 is 2.41 bits per heavy atom. The minimum Gasteiger partial charge on any atom is -0.495 e. The van der Waals surface area contributed by atoms with Crippen LogP contribution in [0.2, 0.25) is 0 Å². The molecule has 3 heterocycles. The summed E-state index contributed by atoms with van der Waals surface area (Å²) in [6.07, 6.45) is 3.33. The summed E-state index contributed by atoms with van der Waals surface area (Å²) >= 11 is 0. The molecule has 3 atom stereocenters. The topological polar surface area (TPSA) is 160 Å². The molecule has 1 aromatic rings.